The molecule has 5 heteroatoms. The minimum absolute atomic E-state index is 0.0536. The molecule has 0 saturated heterocycles. The van der Waals surface area contributed by atoms with Crippen LogP contribution in [0.2, 0.25) is 5.31 Å². The van der Waals surface area contributed by atoms with Crippen LogP contribution in [0.15, 0.2) is 55.1 Å². The molecule has 0 bridgehead atoms. The summed E-state index contributed by atoms with van der Waals surface area (Å²) in [4.78, 5) is 9.77. The van der Waals surface area contributed by atoms with Crippen LogP contribution in [0.25, 0.3) is 11.3 Å². The minimum atomic E-state index is 0.0536. The van der Waals surface area contributed by atoms with E-state index in [0.717, 1.165) is 31.5 Å². The highest BCUT2D eigenvalue weighted by atomic mass is 15.4. The van der Waals surface area contributed by atoms with Crippen molar-refractivity contribution >= 4 is 12.8 Å². The highest BCUT2D eigenvalue weighted by Crippen LogP contribution is 2.56. The van der Waals surface area contributed by atoms with Crippen molar-refractivity contribution in [1.82, 2.24) is 9.79 Å². The second kappa shape index (κ2) is 8.68. The van der Waals surface area contributed by atoms with Crippen LogP contribution in [-0.4, -0.2) is 23.3 Å². The monoisotopic (exact) mass is 417 g/mol. The largest absolute Gasteiger partial charge is 0.511 e. The van der Waals surface area contributed by atoms with Crippen LogP contribution < -0.4 is 9.38 Å². The van der Waals surface area contributed by atoms with Crippen molar-refractivity contribution in [3.63, 3.8) is 0 Å². The molecule has 1 atom stereocenters. The van der Waals surface area contributed by atoms with Crippen molar-refractivity contribution in [1.29, 1.82) is 0 Å². The van der Waals surface area contributed by atoms with E-state index >= 15 is 0 Å². The number of hydrogen-bond acceptors (Lipinski definition) is 3. The normalized spacial score (nSPS) is 21.4. The predicted molar refractivity (Wildman–Crippen MR) is 131 cm³/mol. The first-order chi connectivity index (χ1) is 15.1. The van der Waals surface area contributed by atoms with Crippen LogP contribution in [0.5, 0.6) is 0 Å². The maximum absolute atomic E-state index is 4.63. The van der Waals surface area contributed by atoms with Gasteiger partial charge >= 0.3 is 6.98 Å². The molecule has 2 aromatic rings. The summed E-state index contributed by atoms with van der Waals surface area (Å²) < 4.78 is 2.59. The quantitative estimate of drug-likeness (QED) is 0.299. The van der Waals surface area contributed by atoms with Crippen molar-refractivity contribution < 1.29 is 4.57 Å². The first-order valence-electron chi connectivity index (χ1n) is 12.3. The number of hydrogen-bond donors (Lipinski definition) is 0. The van der Waals surface area contributed by atoms with Crippen LogP contribution in [0.1, 0.15) is 73.1 Å². The molecule has 0 aliphatic carbocycles. The number of unbranched alkanes of at least 4 members (excludes halogenated alkanes) is 2. The Morgan fingerprint density at radius 3 is 2.42 bits per heavy atom. The van der Waals surface area contributed by atoms with Gasteiger partial charge in [0.2, 0.25) is 0 Å². The minimum Gasteiger partial charge on any atom is -0.377 e. The number of fused-ring (bicyclic) bond motifs is 3. The topological polar surface area (TPSA) is 23.2 Å². The molecule has 31 heavy (non-hydrogen) atoms. The third-order valence-electron chi connectivity index (χ3n) is 8.17. The summed E-state index contributed by atoms with van der Waals surface area (Å²) in [5.74, 6) is 1.30. The van der Waals surface area contributed by atoms with Crippen LogP contribution in [0.3, 0.4) is 0 Å². The van der Waals surface area contributed by atoms with Gasteiger partial charge in [-0.25, -0.2) is 4.57 Å². The zero-order valence-electron chi connectivity index (χ0n) is 20.0. The van der Waals surface area contributed by atoms with Gasteiger partial charge in [0, 0.05) is 30.6 Å². The molecule has 2 aromatic heterocycles. The molecule has 0 aromatic carbocycles. The standard InChI is InChI=1S/C26H38BN4/c1-6-10-13-18-29-19-20-31-24-16-15-22(23-14-11-12-17-28-23)21-30(24)26(8-3,9-4)25(5,7-2)27(29)31/h11-12,14-17,19-21H,6-10,13,18H2,1-5H3/q+1. The zero-order valence-corrected chi connectivity index (χ0v) is 20.0. The molecule has 0 amide bonds. The molecule has 4 heterocycles. The van der Waals surface area contributed by atoms with Gasteiger partial charge in [0.25, 0.3) is 5.82 Å². The van der Waals surface area contributed by atoms with Gasteiger partial charge in [-0.3, -0.25) is 9.79 Å². The van der Waals surface area contributed by atoms with Gasteiger partial charge in [0.15, 0.2) is 0 Å². The van der Waals surface area contributed by atoms with E-state index in [1.54, 1.807) is 0 Å². The summed E-state index contributed by atoms with van der Waals surface area (Å²) in [5.41, 5.74) is 2.28. The molecule has 4 nitrogen and oxygen atoms in total. The van der Waals surface area contributed by atoms with Gasteiger partial charge in [-0.2, -0.15) is 0 Å². The predicted octanol–water partition coefficient (Wildman–Crippen LogP) is 6.01. The van der Waals surface area contributed by atoms with Crippen molar-refractivity contribution in [2.24, 2.45) is 0 Å². The summed E-state index contributed by atoms with van der Waals surface area (Å²) in [6, 6.07) is 10.7. The molecule has 0 saturated carbocycles. The average molecular weight is 417 g/mol. The molecule has 0 radical (unpaired) electrons. The fourth-order valence-electron chi connectivity index (χ4n) is 6.25. The highest BCUT2D eigenvalue weighted by molar-refractivity contribution is 6.65. The molecular weight excluding hydrogens is 379 g/mol. The second-order valence-electron chi connectivity index (χ2n) is 9.39. The summed E-state index contributed by atoms with van der Waals surface area (Å²) in [5, 5.41) is 0.118. The van der Waals surface area contributed by atoms with Crippen molar-refractivity contribution in [2.45, 2.75) is 84.0 Å². The third-order valence-corrected chi connectivity index (χ3v) is 8.17. The Balaban J connectivity index is 1.86. The summed E-state index contributed by atoms with van der Waals surface area (Å²) in [6.45, 7) is 13.5. The molecular formula is C26H38BN4+. The van der Waals surface area contributed by atoms with Gasteiger partial charge in [0.1, 0.15) is 11.7 Å². The van der Waals surface area contributed by atoms with E-state index in [2.05, 4.69) is 96.7 Å². The maximum atomic E-state index is 4.63. The van der Waals surface area contributed by atoms with E-state index in [-0.39, 0.29) is 10.9 Å². The Kier molecular flexibility index (Phi) is 6.14. The molecule has 2 aliphatic heterocycles. The van der Waals surface area contributed by atoms with Gasteiger partial charge in [-0.05, 0) is 43.9 Å². The SMILES string of the molecule is CCCCCN1C=CN2B1C(C)(CC)C(CC)(CC)[n+]1cc(-c3ccccn3)ccc12. The van der Waals surface area contributed by atoms with Crippen molar-refractivity contribution in [2.75, 3.05) is 11.4 Å². The third kappa shape index (κ3) is 3.28. The van der Waals surface area contributed by atoms with E-state index in [1.165, 1.54) is 30.6 Å². The molecule has 2 aliphatic rings. The lowest BCUT2D eigenvalue weighted by Gasteiger charge is -2.53. The van der Waals surface area contributed by atoms with E-state index in [1.807, 2.05) is 12.3 Å². The number of anilines is 1. The lowest BCUT2D eigenvalue weighted by molar-refractivity contribution is -0.762. The molecule has 0 fully saturated rings. The van der Waals surface area contributed by atoms with Crippen molar-refractivity contribution in [3.8, 4) is 11.3 Å². The first kappa shape index (κ1) is 21.9. The van der Waals surface area contributed by atoms with Crippen molar-refractivity contribution in [3.05, 3.63) is 55.1 Å². The summed E-state index contributed by atoms with van der Waals surface area (Å²) in [7, 11) is 0. The average Bonchev–Trinajstić information content (AvgIpc) is 3.25. The molecule has 1 unspecified atom stereocenters. The Morgan fingerprint density at radius 1 is 0.968 bits per heavy atom. The molecule has 0 N–H and O–H groups in total. The van der Waals surface area contributed by atoms with Crippen LogP contribution in [0, 0.1) is 0 Å². The summed E-state index contributed by atoms with van der Waals surface area (Å²) in [6.07, 6.45) is 16.1. The summed E-state index contributed by atoms with van der Waals surface area (Å²) >= 11 is 0. The Bertz CT molecular complexity index is 924. The van der Waals surface area contributed by atoms with E-state index < -0.39 is 0 Å². The molecule has 0 spiro atoms. The van der Waals surface area contributed by atoms with Gasteiger partial charge in [-0.1, -0.05) is 53.5 Å². The number of aromatic nitrogens is 2. The molecule has 164 valence electrons. The zero-order chi connectivity index (χ0) is 22.1. The fraction of sp³-hybridized carbons (Fsp3) is 0.538. The van der Waals surface area contributed by atoms with Crippen LogP contribution in [0.4, 0.5) is 5.82 Å². The maximum Gasteiger partial charge on any atom is 0.511 e. The lowest BCUT2D eigenvalue weighted by atomic mass is 9.38. The first-order valence-corrected chi connectivity index (χ1v) is 12.3. The van der Waals surface area contributed by atoms with Gasteiger partial charge in [-0.15, -0.1) is 0 Å². The highest BCUT2D eigenvalue weighted by Gasteiger charge is 2.68. The fourth-order valence-corrected chi connectivity index (χ4v) is 6.25. The Morgan fingerprint density at radius 2 is 1.77 bits per heavy atom. The van der Waals surface area contributed by atoms with E-state index in [0.29, 0.717) is 6.98 Å². The van der Waals surface area contributed by atoms with E-state index in [4.69, 9.17) is 0 Å². The lowest BCUT2D eigenvalue weighted by Crippen LogP contribution is -2.75. The number of rotatable bonds is 8. The van der Waals surface area contributed by atoms with Crippen LogP contribution in [-0.2, 0) is 5.54 Å². The Labute approximate surface area is 189 Å². The van der Waals surface area contributed by atoms with Gasteiger partial charge in [0.05, 0.1) is 17.2 Å². The van der Waals surface area contributed by atoms with E-state index in [9.17, 15) is 0 Å². The molecule has 4 rings (SSSR count). The second-order valence-corrected chi connectivity index (χ2v) is 9.39. The smallest absolute Gasteiger partial charge is 0.377 e. The van der Waals surface area contributed by atoms with Crippen LogP contribution >= 0.6 is 0 Å². The number of nitrogens with zero attached hydrogens (tertiary/aromatic N) is 4. The number of pyridine rings is 2. The Hall–Kier alpha value is -2.30. The van der Waals surface area contributed by atoms with Gasteiger partial charge < -0.3 is 4.81 Å².